The van der Waals surface area contributed by atoms with Gasteiger partial charge in [0, 0.05) is 25.4 Å². The second-order valence-corrected chi connectivity index (χ2v) is 9.96. The number of carbonyl (C=O) groups is 1. The first kappa shape index (κ1) is 28.4. The molecule has 0 saturated heterocycles. The van der Waals surface area contributed by atoms with Crippen LogP contribution in [0.4, 0.5) is 13.2 Å². The molecule has 2 aromatic carbocycles. The fourth-order valence-electron chi connectivity index (χ4n) is 3.71. The molecule has 1 aliphatic rings. The zero-order valence-corrected chi connectivity index (χ0v) is 20.5. The Kier molecular flexibility index (Phi) is 9.18. The SMILES string of the molecule is COc1ccc(S(=O)(=O)N(CCO)CCO[C@@H]2C[C@H](c3ccc(C(F)(F)F)cc3)C=C(C(=O)O)O2)cc1. The van der Waals surface area contributed by atoms with Crippen molar-refractivity contribution < 1.29 is 50.8 Å². The molecular formula is C24H26F3NO8S. The maximum absolute atomic E-state index is 13.0. The van der Waals surface area contributed by atoms with Crippen LogP contribution < -0.4 is 4.74 Å². The molecule has 1 heterocycles. The van der Waals surface area contributed by atoms with Crippen LogP contribution in [0.25, 0.3) is 0 Å². The van der Waals surface area contributed by atoms with Gasteiger partial charge >= 0.3 is 12.1 Å². The summed E-state index contributed by atoms with van der Waals surface area (Å²) in [6.45, 7) is -1.03. The molecule has 37 heavy (non-hydrogen) atoms. The number of hydrogen-bond acceptors (Lipinski definition) is 7. The quantitative estimate of drug-likeness (QED) is 0.442. The molecule has 0 spiro atoms. The van der Waals surface area contributed by atoms with E-state index >= 15 is 0 Å². The second-order valence-electron chi connectivity index (χ2n) is 8.02. The molecule has 0 radical (unpaired) electrons. The molecule has 0 amide bonds. The third-order valence-electron chi connectivity index (χ3n) is 5.63. The van der Waals surface area contributed by atoms with Gasteiger partial charge in [0.1, 0.15) is 5.75 Å². The fraction of sp³-hybridized carbons (Fsp3) is 0.375. The van der Waals surface area contributed by atoms with Gasteiger partial charge in [-0.05, 0) is 48.0 Å². The van der Waals surface area contributed by atoms with Crippen molar-refractivity contribution in [2.45, 2.75) is 29.7 Å². The number of methoxy groups -OCH3 is 1. The van der Waals surface area contributed by atoms with Gasteiger partial charge in [-0.15, -0.1) is 0 Å². The van der Waals surface area contributed by atoms with Gasteiger partial charge < -0.3 is 24.4 Å². The van der Waals surface area contributed by atoms with Crippen molar-refractivity contribution in [1.29, 1.82) is 0 Å². The molecule has 3 rings (SSSR count). The summed E-state index contributed by atoms with van der Waals surface area (Å²) in [5.41, 5.74) is -0.395. The molecule has 0 bridgehead atoms. The van der Waals surface area contributed by atoms with Crippen LogP contribution in [0, 0.1) is 0 Å². The van der Waals surface area contributed by atoms with Crippen molar-refractivity contribution in [3.05, 3.63) is 71.5 Å². The molecule has 0 aliphatic carbocycles. The van der Waals surface area contributed by atoms with E-state index in [-0.39, 0.29) is 31.0 Å². The van der Waals surface area contributed by atoms with E-state index in [1.165, 1.54) is 49.6 Å². The van der Waals surface area contributed by atoms with Crippen molar-refractivity contribution in [2.24, 2.45) is 0 Å². The van der Waals surface area contributed by atoms with Gasteiger partial charge in [-0.1, -0.05) is 12.1 Å². The Morgan fingerprint density at radius 2 is 1.76 bits per heavy atom. The summed E-state index contributed by atoms with van der Waals surface area (Å²) in [4.78, 5) is 11.5. The average molecular weight is 546 g/mol. The van der Waals surface area contributed by atoms with Gasteiger partial charge in [0.2, 0.25) is 22.1 Å². The highest BCUT2D eigenvalue weighted by Gasteiger charge is 2.32. The lowest BCUT2D eigenvalue weighted by Gasteiger charge is -2.29. The number of alkyl halides is 3. The fourth-order valence-corrected chi connectivity index (χ4v) is 5.12. The topological polar surface area (TPSA) is 123 Å². The Morgan fingerprint density at radius 1 is 1.11 bits per heavy atom. The lowest BCUT2D eigenvalue weighted by molar-refractivity contribution is -0.157. The van der Waals surface area contributed by atoms with E-state index < -0.39 is 52.3 Å². The summed E-state index contributed by atoms with van der Waals surface area (Å²) in [6, 6.07) is 10.0. The Hall–Kier alpha value is -3.13. The minimum Gasteiger partial charge on any atom is -0.497 e. The number of allylic oxidation sites excluding steroid dienone is 1. The molecular weight excluding hydrogens is 519 g/mol. The zero-order valence-electron chi connectivity index (χ0n) is 19.7. The molecule has 202 valence electrons. The number of carboxylic acid groups (broad SMARTS) is 1. The predicted octanol–water partition coefficient (Wildman–Crippen LogP) is 3.21. The summed E-state index contributed by atoms with van der Waals surface area (Å²) < 4.78 is 81.7. The largest absolute Gasteiger partial charge is 0.497 e. The standard InChI is InChI=1S/C24H26F3NO8S/c1-34-19-6-8-20(9-7-19)37(32,33)28(10-12-29)11-13-35-22-15-17(14-21(36-22)23(30)31)16-2-4-18(5-3-16)24(25,26)27/h2-9,14,17,22,29H,10-13,15H2,1H3,(H,30,31)/t17-,22+/m1/s1. The zero-order chi connectivity index (χ0) is 27.2. The Balaban J connectivity index is 1.69. The first-order chi connectivity index (χ1) is 17.5. The van der Waals surface area contributed by atoms with Crippen LogP contribution >= 0.6 is 0 Å². The Morgan fingerprint density at radius 3 is 2.30 bits per heavy atom. The van der Waals surface area contributed by atoms with Gasteiger partial charge in [0.05, 0.1) is 30.8 Å². The Labute approximate surface area is 211 Å². The number of halogens is 3. The number of nitrogens with zero attached hydrogens (tertiary/aromatic N) is 1. The highest BCUT2D eigenvalue weighted by molar-refractivity contribution is 7.89. The van der Waals surface area contributed by atoms with Crippen LogP contribution in [0.5, 0.6) is 5.75 Å². The number of benzene rings is 2. The number of aliphatic hydroxyl groups is 1. The molecule has 0 fully saturated rings. The van der Waals surface area contributed by atoms with Crippen molar-refractivity contribution in [1.82, 2.24) is 4.31 Å². The summed E-state index contributed by atoms with van der Waals surface area (Å²) in [5.74, 6) is -1.95. The van der Waals surface area contributed by atoms with Gasteiger partial charge in [-0.25, -0.2) is 13.2 Å². The minimum absolute atomic E-state index is 0.0193. The number of aliphatic hydroxyl groups excluding tert-OH is 1. The monoisotopic (exact) mass is 545 g/mol. The summed E-state index contributed by atoms with van der Waals surface area (Å²) in [6.07, 6.45) is -4.22. The third-order valence-corrected chi connectivity index (χ3v) is 7.54. The number of rotatable bonds is 11. The summed E-state index contributed by atoms with van der Waals surface area (Å²) >= 11 is 0. The molecule has 13 heteroatoms. The second kappa shape index (κ2) is 11.9. The van der Waals surface area contributed by atoms with Crippen LogP contribution in [0.3, 0.4) is 0 Å². The van der Waals surface area contributed by atoms with Crippen LogP contribution in [-0.2, 0) is 30.5 Å². The lowest BCUT2D eigenvalue weighted by atomic mass is 9.92. The number of aliphatic carboxylic acids is 1. The van der Waals surface area contributed by atoms with Crippen LogP contribution in [0.2, 0.25) is 0 Å². The van der Waals surface area contributed by atoms with Crippen LogP contribution in [0.15, 0.2) is 65.3 Å². The molecule has 1 aliphatic heterocycles. The van der Waals surface area contributed by atoms with E-state index in [9.17, 15) is 36.6 Å². The van der Waals surface area contributed by atoms with Gasteiger partial charge in [-0.2, -0.15) is 17.5 Å². The van der Waals surface area contributed by atoms with E-state index in [0.29, 0.717) is 11.3 Å². The number of sulfonamides is 1. The maximum Gasteiger partial charge on any atom is 0.416 e. The maximum atomic E-state index is 13.0. The predicted molar refractivity (Wildman–Crippen MR) is 124 cm³/mol. The van der Waals surface area contributed by atoms with Crippen molar-refractivity contribution in [2.75, 3.05) is 33.4 Å². The van der Waals surface area contributed by atoms with Crippen LogP contribution in [-0.4, -0.2) is 68.6 Å². The van der Waals surface area contributed by atoms with E-state index in [0.717, 1.165) is 16.4 Å². The Bertz CT molecular complexity index is 1200. The molecule has 2 atom stereocenters. The number of hydrogen-bond donors (Lipinski definition) is 2. The van der Waals surface area contributed by atoms with Crippen molar-refractivity contribution >= 4 is 16.0 Å². The van der Waals surface area contributed by atoms with Crippen molar-refractivity contribution in [3.63, 3.8) is 0 Å². The minimum atomic E-state index is -4.51. The number of carboxylic acids is 1. The summed E-state index contributed by atoms with van der Waals surface area (Å²) in [7, 11) is -2.54. The smallest absolute Gasteiger partial charge is 0.416 e. The first-order valence-corrected chi connectivity index (χ1v) is 12.5. The molecule has 0 saturated carbocycles. The first-order valence-electron chi connectivity index (χ1n) is 11.1. The third kappa shape index (κ3) is 7.22. The van der Waals surface area contributed by atoms with E-state index in [4.69, 9.17) is 14.2 Å². The average Bonchev–Trinajstić information content (AvgIpc) is 2.87. The molecule has 2 aromatic rings. The van der Waals surface area contributed by atoms with E-state index in [2.05, 4.69) is 0 Å². The molecule has 9 nitrogen and oxygen atoms in total. The van der Waals surface area contributed by atoms with E-state index in [1.54, 1.807) is 0 Å². The normalized spacial score (nSPS) is 18.3. The highest BCUT2D eigenvalue weighted by Crippen LogP contribution is 2.34. The number of ether oxygens (including phenoxy) is 3. The van der Waals surface area contributed by atoms with Gasteiger partial charge in [0.25, 0.3) is 0 Å². The summed E-state index contributed by atoms with van der Waals surface area (Å²) in [5, 5.41) is 18.8. The van der Waals surface area contributed by atoms with Crippen molar-refractivity contribution in [3.8, 4) is 5.75 Å². The molecule has 0 unspecified atom stereocenters. The van der Waals surface area contributed by atoms with E-state index in [1.807, 2.05) is 0 Å². The molecule has 0 aromatic heterocycles. The molecule has 2 N–H and O–H groups in total. The van der Waals surface area contributed by atoms with Gasteiger partial charge in [0.15, 0.2) is 0 Å². The lowest BCUT2D eigenvalue weighted by Crippen LogP contribution is -2.37. The van der Waals surface area contributed by atoms with Gasteiger partial charge in [-0.3, -0.25) is 0 Å². The highest BCUT2D eigenvalue weighted by atomic mass is 32.2. The van der Waals surface area contributed by atoms with Crippen LogP contribution in [0.1, 0.15) is 23.5 Å².